The molecule has 0 aromatic carbocycles. The molecule has 17 heavy (non-hydrogen) atoms. The molecule has 1 aromatic heterocycles. The third kappa shape index (κ3) is 2.11. The summed E-state index contributed by atoms with van der Waals surface area (Å²) in [5, 5.41) is 12.3. The summed E-state index contributed by atoms with van der Waals surface area (Å²) in [6, 6.07) is 4.12. The number of thioether (sulfide) groups is 1. The highest BCUT2D eigenvalue weighted by molar-refractivity contribution is 8.00. The average molecular weight is 249 g/mol. The van der Waals surface area contributed by atoms with Crippen LogP contribution in [0.2, 0.25) is 0 Å². The molecule has 3 heteroatoms. The predicted molar refractivity (Wildman–Crippen MR) is 71.2 cm³/mol. The van der Waals surface area contributed by atoms with E-state index >= 15 is 0 Å². The van der Waals surface area contributed by atoms with E-state index in [2.05, 4.69) is 28.9 Å². The zero-order chi connectivity index (χ0) is 12.0. The molecule has 3 rings (SSSR count). The van der Waals surface area contributed by atoms with Crippen LogP contribution in [-0.4, -0.2) is 20.6 Å². The van der Waals surface area contributed by atoms with Crippen LogP contribution in [0.15, 0.2) is 12.1 Å². The first-order chi connectivity index (χ1) is 8.05. The Bertz CT molecular complexity index is 414. The maximum Gasteiger partial charge on any atom is 0.0918 e. The second kappa shape index (κ2) is 3.99. The fraction of sp³-hybridized carbons (Fsp3) is 0.643. The van der Waals surface area contributed by atoms with Crippen LogP contribution in [0.3, 0.4) is 0 Å². The van der Waals surface area contributed by atoms with Crippen molar-refractivity contribution in [1.82, 2.24) is 4.98 Å². The molecule has 0 amide bonds. The molecule has 1 aromatic rings. The molecule has 2 saturated heterocycles. The number of aryl methyl sites for hydroxylation is 2. The van der Waals surface area contributed by atoms with E-state index in [4.69, 9.17) is 0 Å². The van der Waals surface area contributed by atoms with Gasteiger partial charge in [0.15, 0.2) is 0 Å². The van der Waals surface area contributed by atoms with Gasteiger partial charge in [0.05, 0.1) is 5.60 Å². The van der Waals surface area contributed by atoms with Crippen LogP contribution in [0.4, 0.5) is 0 Å². The number of nitrogens with zero attached hydrogens (tertiary/aromatic N) is 1. The van der Waals surface area contributed by atoms with Crippen molar-refractivity contribution in [2.45, 2.75) is 55.6 Å². The Labute approximate surface area is 107 Å². The number of pyridine rings is 1. The van der Waals surface area contributed by atoms with Gasteiger partial charge in [-0.3, -0.25) is 4.98 Å². The Morgan fingerprint density at radius 3 is 2.24 bits per heavy atom. The first-order valence-electron chi connectivity index (χ1n) is 6.39. The van der Waals surface area contributed by atoms with Gasteiger partial charge in [-0.05, 0) is 57.2 Å². The molecule has 0 spiro atoms. The highest BCUT2D eigenvalue weighted by Crippen LogP contribution is 2.51. The van der Waals surface area contributed by atoms with E-state index in [1.807, 2.05) is 13.8 Å². The third-order valence-electron chi connectivity index (χ3n) is 3.95. The van der Waals surface area contributed by atoms with E-state index in [9.17, 15) is 5.11 Å². The SMILES string of the molecule is Cc1cc(C2(O)CC3CCC(C2)S3)cc(C)n1. The van der Waals surface area contributed by atoms with Gasteiger partial charge in [-0.15, -0.1) is 0 Å². The quantitative estimate of drug-likeness (QED) is 0.830. The Hall–Kier alpha value is -0.540. The van der Waals surface area contributed by atoms with E-state index < -0.39 is 5.60 Å². The summed E-state index contributed by atoms with van der Waals surface area (Å²) in [5.41, 5.74) is 2.51. The molecule has 2 fully saturated rings. The first kappa shape index (κ1) is 11.5. The minimum atomic E-state index is -0.602. The fourth-order valence-corrected chi connectivity index (χ4v) is 5.09. The number of rotatable bonds is 1. The topological polar surface area (TPSA) is 33.1 Å². The first-order valence-corrected chi connectivity index (χ1v) is 7.33. The monoisotopic (exact) mass is 249 g/mol. The van der Waals surface area contributed by atoms with Crippen LogP contribution in [0.5, 0.6) is 0 Å². The van der Waals surface area contributed by atoms with Gasteiger partial charge in [0.25, 0.3) is 0 Å². The highest BCUT2D eigenvalue weighted by atomic mass is 32.2. The molecule has 0 radical (unpaired) electrons. The molecule has 0 aliphatic carbocycles. The fourth-order valence-electron chi connectivity index (χ4n) is 3.26. The summed E-state index contributed by atoms with van der Waals surface area (Å²) in [5.74, 6) is 0. The van der Waals surface area contributed by atoms with Gasteiger partial charge in [-0.2, -0.15) is 11.8 Å². The van der Waals surface area contributed by atoms with Crippen LogP contribution in [0.25, 0.3) is 0 Å². The van der Waals surface area contributed by atoms with E-state index in [1.54, 1.807) is 0 Å². The lowest BCUT2D eigenvalue weighted by atomic mass is 9.85. The van der Waals surface area contributed by atoms with Gasteiger partial charge in [0.2, 0.25) is 0 Å². The second-order valence-corrected chi connectivity index (χ2v) is 7.14. The van der Waals surface area contributed by atoms with Crippen molar-refractivity contribution >= 4 is 11.8 Å². The number of hydrogen-bond acceptors (Lipinski definition) is 3. The number of aliphatic hydroxyl groups is 1. The molecule has 0 saturated carbocycles. The molecule has 1 N–H and O–H groups in total. The third-order valence-corrected chi connectivity index (χ3v) is 5.52. The number of aromatic nitrogens is 1. The Balaban J connectivity index is 1.96. The van der Waals surface area contributed by atoms with Crippen molar-refractivity contribution in [3.63, 3.8) is 0 Å². The summed E-state index contributed by atoms with van der Waals surface area (Å²) >= 11 is 2.08. The largest absolute Gasteiger partial charge is 0.385 e. The zero-order valence-electron chi connectivity index (χ0n) is 10.4. The van der Waals surface area contributed by atoms with Crippen LogP contribution >= 0.6 is 11.8 Å². The van der Waals surface area contributed by atoms with E-state index in [0.29, 0.717) is 10.5 Å². The van der Waals surface area contributed by atoms with Gasteiger partial charge < -0.3 is 5.11 Å². The van der Waals surface area contributed by atoms with Gasteiger partial charge in [-0.25, -0.2) is 0 Å². The Morgan fingerprint density at radius 2 is 1.71 bits per heavy atom. The summed E-state index contributed by atoms with van der Waals surface area (Å²) in [6.07, 6.45) is 4.38. The zero-order valence-corrected chi connectivity index (χ0v) is 11.3. The number of fused-ring (bicyclic) bond motifs is 2. The van der Waals surface area contributed by atoms with Crippen LogP contribution in [-0.2, 0) is 5.60 Å². The summed E-state index contributed by atoms with van der Waals surface area (Å²) < 4.78 is 0. The maximum absolute atomic E-state index is 10.9. The van der Waals surface area contributed by atoms with Gasteiger partial charge in [-0.1, -0.05) is 0 Å². The van der Waals surface area contributed by atoms with Crippen LogP contribution in [0.1, 0.15) is 42.6 Å². The van der Waals surface area contributed by atoms with E-state index in [-0.39, 0.29) is 0 Å². The molecule has 2 aliphatic heterocycles. The lowest BCUT2D eigenvalue weighted by Gasteiger charge is -2.36. The van der Waals surface area contributed by atoms with Gasteiger partial charge in [0, 0.05) is 21.9 Å². The molecule has 2 nitrogen and oxygen atoms in total. The van der Waals surface area contributed by atoms with Crippen molar-refractivity contribution in [2.75, 3.05) is 0 Å². The normalized spacial score (nSPS) is 36.2. The smallest absolute Gasteiger partial charge is 0.0918 e. The van der Waals surface area contributed by atoms with E-state index in [0.717, 1.165) is 29.8 Å². The molecule has 2 unspecified atom stereocenters. The van der Waals surface area contributed by atoms with Gasteiger partial charge in [0.1, 0.15) is 0 Å². The summed E-state index contributed by atoms with van der Waals surface area (Å²) in [6.45, 7) is 4.01. The Kier molecular flexibility index (Phi) is 2.71. The van der Waals surface area contributed by atoms with Crippen molar-refractivity contribution in [3.8, 4) is 0 Å². The lowest BCUT2D eigenvalue weighted by Crippen LogP contribution is -2.34. The molecular weight excluding hydrogens is 230 g/mol. The lowest BCUT2D eigenvalue weighted by molar-refractivity contribution is 0.0194. The molecule has 2 atom stereocenters. The number of hydrogen-bond donors (Lipinski definition) is 1. The molecule has 92 valence electrons. The molecule has 3 heterocycles. The van der Waals surface area contributed by atoms with E-state index in [1.165, 1.54) is 12.8 Å². The average Bonchev–Trinajstić information content (AvgIpc) is 2.57. The van der Waals surface area contributed by atoms with Crippen molar-refractivity contribution in [1.29, 1.82) is 0 Å². The standard InChI is InChI=1S/C14H19NOS/c1-9-5-11(6-10(2)15-9)14(16)7-12-3-4-13(8-14)17-12/h5-6,12-13,16H,3-4,7-8H2,1-2H3. The van der Waals surface area contributed by atoms with Crippen LogP contribution in [0, 0.1) is 13.8 Å². The van der Waals surface area contributed by atoms with Crippen molar-refractivity contribution < 1.29 is 5.11 Å². The highest BCUT2D eigenvalue weighted by Gasteiger charge is 2.44. The summed E-state index contributed by atoms with van der Waals surface area (Å²) in [4.78, 5) is 4.40. The molecular formula is C14H19NOS. The summed E-state index contributed by atoms with van der Waals surface area (Å²) in [7, 11) is 0. The van der Waals surface area contributed by atoms with Crippen LogP contribution < -0.4 is 0 Å². The van der Waals surface area contributed by atoms with Gasteiger partial charge >= 0.3 is 0 Å². The predicted octanol–water partition coefficient (Wildman–Crippen LogP) is 2.94. The molecule has 2 bridgehead atoms. The molecule has 2 aliphatic rings. The Morgan fingerprint density at radius 1 is 1.18 bits per heavy atom. The minimum absolute atomic E-state index is 0.602. The second-order valence-electron chi connectivity index (χ2n) is 5.54. The van der Waals surface area contributed by atoms with Crippen molar-refractivity contribution in [2.24, 2.45) is 0 Å². The van der Waals surface area contributed by atoms with Crippen molar-refractivity contribution in [3.05, 3.63) is 29.1 Å². The maximum atomic E-state index is 10.9. The minimum Gasteiger partial charge on any atom is -0.385 e.